The number of hydrogen-bond acceptors (Lipinski definition) is 9. The summed E-state index contributed by atoms with van der Waals surface area (Å²) >= 11 is 0. The predicted molar refractivity (Wildman–Crippen MR) is 235 cm³/mol. The van der Waals surface area contributed by atoms with Crippen LogP contribution in [0.5, 0.6) is 0 Å². The first-order chi connectivity index (χ1) is 28.1. The lowest BCUT2D eigenvalue weighted by Crippen LogP contribution is -2.34. The van der Waals surface area contributed by atoms with Crippen LogP contribution in [0.15, 0.2) is 36.5 Å². The van der Waals surface area contributed by atoms with E-state index in [1.54, 1.807) is 0 Å². The van der Waals surface area contributed by atoms with Crippen molar-refractivity contribution in [3.8, 4) is 0 Å². The highest BCUT2D eigenvalue weighted by molar-refractivity contribution is 7.47. The molecule has 0 aromatic heterocycles. The second kappa shape index (κ2) is 41.4. The highest BCUT2D eigenvalue weighted by Gasteiger charge is 2.28. The fourth-order valence-corrected chi connectivity index (χ4v) is 7.03. The number of carboxylic acids is 1. The lowest BCUT2D eigenvalue weighted by Gasteiger charge is -2.20. The van der Waals surface area contributed by atoms with E-state index in [-0.39, 0.29) is 19.4 Å². The third kappa shape index (κ3) is 40.5. The van der Waals surface area contributed by atoms with E-state index < -0.39 is 51.1 Å². The van der Waals surface area contributed by atoms with Gasteiger partial charge in [-0.25, -0.2) is 4.57 Å². The quantitative estimate of drug-likeness (QED) is 0.0231. The molecule has 0 aliphatic rings. The lowest BCUT2D eigenvalue weighted by molar-refractivity contribution is -0.161. The highest BCUT2D eigenvalue weighted by Crippen LogP contribution is 2.43. The van der Waals surface area contributed by atoms with Gasteiger partial charge in [0, 0.05) is 12.8 Å². The van der Waals surface area contributed by atoms with Crippen molar-refractivity contribution in [3.05, 3.63) is 36.5 Å². The number of esters is 2. The monoisotopic (exact) mass is 842 g/mol. The maximum absolute atomic E-state index is 12.6. The SMILES string of the molecule is CCCCC/C=C/C/C=C/C/C=C/CCCCCCC(=O)O[C@H](COC(=O)CCCCCCCCCCCCCCCCCCC)COP(=O)(O)OC[C@H](N)C(=O)O. The average Bonchev–Trinajstić information content (AvgIpc) is 3.20. The second-order valence-corrected chi connectivity index (χ2v) is 17.0. The van der Waals surface area contributed by atoms with Crippen LogP contribution in [0.3, 0.4) is 0 Å². The van der Waals surface area contributed by atoms with Gasteiger partial charge in [-0.15, -0.1) is 0 Å². The number of carboxylic acid groups (broad SMARTS) is 1. The van der Waals surface area contributed by atoms with Crippen molar-refractivity contribution < 1.29 is 47.5 Å². The Labute approximate surface area is 353 Å². The summed E-state index contributed by atoms with van der Waals surface area (Å²) in [7, 11) is -4.72. The molecule has 0 saturated heterocycles. The molecule has 11 nitrogen and oxygen atoms in total. The Morgan fingerprint density at radius 3 is 1.40 bits per heavy atom. The predicted octanol–water partition coefficient (Wildman–Crippen LogP) is 12.4. The Balaban J connectivity index is 4.35. The van der Waals surface area contributed by atoms with E-state index in [1.807, 2.05) is 0 Å². The van der Waals surface area contributed by atoms with Gasteiger partial charge in [-0.2, -0.15) is 0 Å². The lowest BCUT2D eigenvalue weighted by atomic mass is 10.0. The van der Waals surface area contributed by atoms with Crippen LogP contribution < -0.4 is 5.73 Å². The molecule has 0 rings (SSSR count). The summed E-state index contributed by atoms with van der Waals surface area (Å²) in [4.78, 5) is 46.0. The van der Waals surface area contributed by atoms with Crippen molar-refractivity contribution in [2.24, 2.45) is 5.73 Å². The third-order valence-corrected chi connectivity index (χ3v) is 10.8. The Morgan fingerprint density at radius 2 is 0.914 bits per heavy atom. The van der Waals surface area contributed by atoms with Crippen LogP contribution >= 0.6 is 7.82 Å². The van der Waals surface area contributed by atoms with Crippen LogP contribution in [0, 0.1) is 0 Å². The number of phosphoric acid groups is 1. The molecule has 0 aliphatic carbocycles. The van der Waals surface area contributed by atoms with E-state index in [4.69, 9.17) is 24.8 Å². The van der Waals surface area contributed by atoms with Gasteiger partial charge in [0.05, 0.1) is 13.2 Å². The van der Waals surface area contributed by atoms with Gasteiger partial charge in [0.15, 0.2) is 6.10 Å². The molecule has 3 atom stereocenters. The molecule has 0 bridgehead atoms. The van der Waals surface area contributed by atoms with Gasteiger partial charge in [0.25, 0.3) is 0 Å². The summed E-state index contributed by atoms with van der Waals surface area (Å²) in [6.07, 6.45) is 44.9. The Bertz CT molecular complexity index is 1130. The Hall–Kier alpha value is -2.30. The van der Waals surface area contributed by atoms with E-state index in [0.29, 0.717) is 12.8 Å². The molecular formula is C46H84NO10P. The van der Waals surface area contributed by atoms with Gasteiger partial charge in [-0.3, -0.25) is 23.4 Å². The van der Waals surface area contributed by atoms with Crippen molar-refractivity contribution in [2.45, 2.75) is 219 Å². The van der Waals surface area contributed by atoms with Gasteiger partial charge in [0.1, 0.15) is 12.6 Å². The van der Waals surface area contributed by atoms with E-state index in [2.05, 4.69) is 54.8 Å². The van der Waals surface area contributed by atoms with Crippen LogP contribution in [0.25, 0.3) is 0 Å². The molecule has 12 heteroatoms. The third-order valence-electron chi connectivity index (χ3n) is 9.89. The minimum atomic E-state index is -4.72. The molecule has 0 aliphatic heterocycles. The highest BCUT2D eigenvalue weighted by atomic mass is 31.2. The Kier molecular flexibility index (Phi) is 39.8. The molecular weight excluding hydrogens is 757 g/mol. The van der Waals surface area contributed by atoms with Gasteiger partial charge >= 0.3 is 25.7 Å². The van der Waals surface area contributed by atoms with Crippen molar-refractivity contribution in [3.63, 3.8) is 0 Å². The largest absolute Gasteiger partial charge is 0.480 e. The molecule has 0 spiro atoms. The molecule has 0 fully saturated rings. The molecule has 0 heterocycles. The van der Waals surface area contributed by atoms with E-state index in [1.165, 1.54) is 103 Å². The molecule has 0 amide bonds. The molecule has 0 aromatic rings. The first kappa shape index (κ1) is 55.7. The van der Waals surface area contributed by atoms with E-state index in [0.717, 1.165) is 64.2 Å². The number of carbonyl (C=O) groups excluding carboxylic acids is 2. The first-order valence-corrected chi connectivity index (χ1v) is 24.5. The summed E-state index contributed by atoms with van der Waals surface area (Å²) in [6.45, 7) is 2.77. The molecule has 0 radical (unpaired) electrons. The standard InChI is InChI=1S/C46H84NO10P/c1-3-5-7-9-11-13-15-17-19-21-23-25-27-29-31-33-35-37-44(48)54-39-42(40-55-58(52,53)56-41-43(47)46(50)51)57-45(49)38-36-34-32-30-28-26-24-22-20-18-16-14-12-10-8-6-4-2/h12,14,18,20,24,26,42-43H,3-11,13,15-17,19,21-23,25,27-41,47H2,1-2H3,(H,50,51)(H,52,53)/b14-12+,20-18+,26-24+/t42-,43+/m1/s1. The number of carbonyl (C=O) groups is 3. The summed E-state index contributed by atoms with van der Waals surface area (Å²) in [5, 5.41) is 8.90. The number of hydrogen-bond donors (Lipinski definition) is 3. The van der Waals surface area contributed by atoms with Gasteiger partial charge in [0.2, 0.25) is 0 Å². The number of aliphatic carboxylic acids is 1. The number of unbranched alkanes of at least 4 members (excludes halogenated alkanes) is 23. The summed E-state index contributed by atoms with van der Waals surface area (Å²) in [5.74, 6) is -2.40. The van der Waals surface area contributed by atoms with Gasteiger partial charge in [-0.1, -0.05) is 179 Å². The molecule has 58 heavy (non-hydrogen) atoms. The zero-order valence-electron chi connectivity index (χ0n) is 36.6. The number of allylic oxidation sites excluding steroid dienone is 6. The fraction of sp³-hybridized carbons (Fsp3) is 0.804. The maximum atomic E-state index is 12.6. The van der Waals surface area contributed by atoms with Gasteiger partial charge < -0.3 is 25.2 Å². The average molecular weight is 842 g/mol. The van der Waals surface area contributed by atoms with Crippen molar-refractivity contribution >= 4 is 25.7 Å². The number of ether oxygens (including phenoxy) is 2. The topological polar surface area (TPSA) is 172 Å². The zero-order valence-corrected chi connectivity index (χ0v) is 37.5. The fourth-order valence-electron chi connectivity index (χ4n) is 6.25. The minimum absolute atomic E-state index is 0.137. The van der Waals surface area contributed by atoms with Crippen LogP contribution in [0.1, 0.15) is 206 Å². The number of phosphoric ester groups is 1. The van der Waals surface area contributed by atoms with Crippen LogP contribution in [-0.2, 0) is 37.5 Å². The molecule has 1 unspecified atom stereocenters. The van der Waals surface area contributed by atoms with Crippen molar-refractivity contribution in [1.82, 2.24) is 0 Å². The molecule has 4 N–H and O–H groups in total. The second-order valence-electron chi connectivity index (χ2n) is 15.5. The minimum Gasteiger partial charge on any atom is -0.480 e. The molecule has 0 saturated carbocycles. The first-order valence-electron chi connectivity index (χ1n) is 23.0. The van der Waals surface area contributed by atoms with Crippen LogP contribution in [-0.4, -0.2) is 59.9 Å². The van der Waals surface area contributed by atoms with E-state index >= 15 is 0 Å². The Morgan fingerprint density at radius 1 is 0.534 bits per heavy atom. The van der Waals surface area contributed by atoms with Gasteiger partial charge in [-0.05, 0) is 51.4 Å². The maximum Gasteiger partial charge on any atom is 0.472 e. The summed E-state index contributed by atoms with van der Waals surface area (Å²) in [5.41, 5.74) is 5.34. The van der Waals surface area contributed by atoms with Crippen molar-refractivity contribution in [1.29, 1.82) is 0 Å². The zero-order chi connectivity index (χ0) is 42.8. The van der Waals surface area contributed by atoms with Crippen LogP contribution in [0.2, 0.25) is 0 Å². The number of rotatable bonds is 43. The molecule has 338 valence electrons. The van der Waals surface area contributed by atoms with E-state index in [9.17, 15) is 23.8 Å². The number of nitrogens with two attached hydrogens (primary N) is 1. The van der Waals surface area contributed by atoms with Crippen LogP contribution in [0.4, 0.5) is 0 Å². The molecule has 0 aromatic carbocycles. The smallest absolute Gasteiger partial charge is 0.472 e. The normalized spacial score (nSPS) is 14.0. The van der Waals surface area contributed by atoms with Crippen molar-refractivity contribution in [2.75, 3.05) is 19.8 Å². The summed E-state index contributed by atoms with van der Waals surface area (Å²) < 4.78 is 32.7. The summed E-state index contributed by atoms with van der Waals surface area (Å²) in [6, 6.07) is -1.52.